The third-order valence-electron chi connectivity index (χ3n) is 7.67. The summed E-state index contributed by atoms with van der Waals surface area (Å²) in [5.74, 6) is -0.630. The number of hydrogen-bond donors (Lipinski definition) is 3. The van der Waals surface area contributed by atoms with Gasteiger partial charge in [-0.05, 0) is 66.6 Å². The lowest BCUT2D eigenvalue weighted by atomic mass is 9.83. The first-order chi connectivity index (χ1) is 21.2. The van der Waals surface area contributed by atoms with Gasteiger partial charge in [-0.15, -0.1) is 5.10 Å². The van der Waals surface area contributed by atoms with E-state index in [-0.39, 0.29) is 19.1 Å². The quantitative estimate of drug-likeness (QED) is 0.196. The average molecular weight is 616 g/mol. The number of carbonyl (C=O) groups is 2. The minimum absolute atomic E-state index is 0.0117. The van der Waals surface area contributed by atoms with Gasteiger partial charge in [0.05, 0.1) is 25.0 Å². The minimum Gasteiger partial charge on any atom is -0.497 e. The third-order valence-corrected chi connectivity index (χ3v) is 7.91. The van der Waals surface area contributed by atoms with Crippen LogP contribution >= 0.6 is 11.6 Å². The number of amides is 2. The molecule has 2 atom stereocenters. The Balaban J connectivity index is 1.30. The summed E-state index contributed by atoms with van der Waals surface area (Å²) >= 11 is 6.33. The topological polar surface area (TPSA) is 130 Å². The molecule has 0 radical (unpaired) electrons. The molecule has 0 aliphatic carbocycles. The minimum atomic E-state index is -1.82. The number of hydrogen-bond acceptors (Lipinski definition) is 7. The zero-order valence-corrected chi connectivity index (χ0v) is 25.2. The number of ether oxygens (including phenoxy) is 1. The normalized spacial score (nSPS) is 16.8. The van der Waals surface area contributed by atoms with E-state index in [9.17, 15) is 14.7 Å². The Morgan fingerprint density at radius 1 is 1.16 bits per heavy atom. The van der Waals surface area contributed by atoms with Crippen molar-refractivity contribution in [2.45, 2.75) is 38.5 Å². The maximum atomic E-state index is 13.9. The number of aliphatic hydroxyl groups is 2. The number of methoxy groups -OCH3 is 1. The van der Waals surface area contributed by atoms with E-state index in [1.54, 1.807) is 84.4 Å². The molecule has 1 aliphatic rings. The number of allylic oxidation sites excluding steroid dienone is 1. The summed E-state index contributed by atoms with van der Waals surface area (Å²) in [6, 6.07) is 19.1. The summed E-state index contributed by atoms with van der Waals surface area (Å²) in [6.07, 6.45) is 6.58. The van der Waals surface area contributed by atoms with E-state index >= 15 is 0 Å². The van der Waals surface area contributed by atoms with E-state index in [2.05, 4.69) is 15.6 Å². The molecule has 11 heteroatoms. The summed E-state index contributed by atoms with van der Waals surface area (Å²) in [5.41, 5.74) is 1.75. The summed E-state index contributed by atoms with van der Waals surface area (Å²) in [7, 11) is 1.57. The van der Waals surface area contributed by atoms with E-state index in [1.165, 1.54) is 0 Å². The van der Waals surface area contributed by atoms with Gasteiger partial charge in [0.15, 0.2) is 5.60 Å². The van der Waals surface area contributed by atoms with Gasteiger partial charge in [0.1, 0.15) is 5.75 Å². The molecule has 0 saturated carbocycles. The van der Waals surface area contributed by atoms with Gasteiger partial charge in [0, 0.05) is 53.5 Å². The third kappa shape index (κ3) is 6.52. The number of aryl methyl sites for hydroxylation is 1. The molecule has 3 N–H and O–H groups in total. The van der Waals surface area contributed by atoms with Gasteiger partial charge in [0.25, 0.3) is 11.8 Å². The van der Waals surface area contributed by atoms with Crippen LogP contribution in [-0.4, -0.2) is 50.7 Å². The number of aromatic nitrogens is 3. The van der Waals surface area contributed by atoms with E-state index in [4.69, 9.17) is 21.4 Å². The number of fused-ring (bicyclic) bond motifs is 1. The average Bonchev–Trinajstić information content (AvgIpc) is 3.56. The van der Waals surface area contributed by atoms with E-state index in [1.807, 2.05) is 24.3 Å². The Hall–Kier alpha value is -4.51. The fourth-order valence-corrected chi connectivity index (χ4v) is 5.45. The maximum absolute atomic E-state index is 13.9. The first-order valence-electron chi connectivity index (χ1n) is 14.3. The van der Waals surface area contributed by atoms with Gasteiger partial charge in [-0.1, -0.05) is 48.0 Å². The first kappa shape index (κ1) is 30.9. The van der Waals surface area contributed by atoms with E-state index in [0.717, 1.165) is 11.3 Å². The molecule has 1 aliphatic heterocycles. The lowest BCUT2D eigenvalue weighted by Gasteiger charge is -2.27. The molecule has 5 rings (SSSR count). The maximum Gasteiger partial charge on any atom is 0.264 e. The molecule has 0 unspecified atom stereocenters. The van der Waals surface area contributed by atoms with Crippen molar-refractivity contribution in [1.29, 1.82) is 0 Å². The second kappa shape index (κ2) is 13.4. The Morgan fingerprint density at radius 2 is 1.95 bits per heavy atom. The fourth-order valence-electron chi connectivity index (χ4n) is 5.28. The molecule has 44 heavy (non-hydrogen) atoms. The smallest absolute Gasteiger partial charge is 0.264 e. The van der Waals surface area contributed by atoms with Crippen LogP contribution in [-0.2, 0) is 29.9 Å². The van der Waals surface area contributed by atoms with Crippen molar-refractivity contribution < 1.29 is 24.5 Å². The van der Waals surface area contributed by atoms with Crippen LogP contribution in [0, 0.1) is 5.92 Å². The van der Waals surface area contributed by atoms with Crippen molar-refractivity contribution in [3.63, 3.8) is 0 Å². The number of halogens is 1. The molecule has 2 amide bonds. The lowest BCUT2D eigenvalue weighted by molar-refractivity contribution is -0.139. The largest absolute Gasteiger partial charge is 0.497 e. The molecule has 0 bridgehead atoms. The van der Waals surface area contributed by atoms with Gasteiger partial charge >= 0.3 is 0 Å². The predicted molar refractivity (Wildman–Crippen MR) is 168 cm³/mol. The van der Waals surface area contributed by atoms with Crippen LogP contribution in [0.3, 0.4) is 0 Å². The second-order valence-electron chi connectivity index (χ2n) is 10.7. The highest BCUT2D eigenvalue weighted by Gasteiger charge is 2.52. The summed E-state index contributed by atoms with van der Waals surface area (Å²) < 4.78 is 6.85. The summed E-state index contributed by atoms with van der Waals surface area (Å²) in [4.78, 5) is 28.3. The van der Waals surface area contributed by atoms with Crippen LogP contribution < -0.4 is 15.0 Å². The first-order valence-corrected chi connectivity index (χ1v) is 14.7. The SMILES string of the molecule is COc1ccc(C(=O)Nc2cccc(CN3C(=O)[C@@](O)([C@@H](C)/C=C/CCn4cc(CCO)nn4)c4cc(Cl)ccc43)c2)cc1. The van der Waals surface area contributed by atoms with Gasteiger partial charge in [-0.3, -0.25) is 14.3 Å². The second-order valence-corrected chi connectivity index (χ2v) is 11.1. The molecule has 0 saturated heterocycles. The monoisotopic (exact) mass is 615 g/mol. The van der Waals surface area contributed by atoms with Gasteiger partial charge in [0.2, 0.25) is 0 Å². The standard InChI is InChI=1S/C33H34ClN5O5/c1-22(6-3-4-16-38-21-27(15-17-40)36-37-38)33(43)29-19-25(34)11-14-30(29)39(32(33)42)20-23-7-5-8-26(18-23)35-31(41)24-9-12-28(44-2)13-10-24/h3,5-14,18-19,21-22,40,43H,4,15-17,20H2,1-2H3,(H,35,41)/b6-3+/t22-,33+/m0/s1. The van der Waals surface area contributed by atoms with Crippen molar-refractivity contribution >= 4 is 34.8 Å². The summed E-state index contributed by atoms with van der Waals surface area (Å²) in [6.45, 7) is 2.55. The number of aliphatic hydroxyl groups excluding tert-OH is 1. The van der Waals surface area contributed by atoms with Crippen LogP contribution in [0.15, 0.2) is 85.1 Å². The predicted octanol–water partition coefficient (Wildman–Crippen LogP) is 4.74. The van der Waals surface area contributed by atoms with Crippen LogP contribution in [0.4, 0.5) is 11.4 Å². The number of anilines is 2. The number of carbonyl (C=O) groups excluding carboxylic acids is 2. The van der Waals surface area contributed by atoms with Crippen LogP contribution in [0.2, 0.25) is 5.02 Å². The van der Waals surface area contributed by atoms with E-state index < -0.39 is 17.4 Å². The zero-order valence-electron chi connectivity index (χ0n) is 24.5. The molecule has 3 aromatic carbocycles. The number of benzene rings is 3. The molecular weight excluding hydrogens is 582 g/mol. The number of nitrogens with one attached hydrogen (secondary N) is 1. The Kier molecular flexibility index (Phi) is 9.43. The molecule has 1 aromatic heterocycles. The molecular formula is C33H34ClN5O5. The molecule has 4 aromatic rings. The molecule has 2 heterocycles. The van der Waals surface area contributed by atoms with Crippen LogP contribution in [0.5, 0.6) is 5.75 Å². The zero-order chi connectivity index (χ0) is 31.3. The van der Waals surface area contributed by atoms with Gasteiger partial charge in [-0.2, -0.15) is 0 Å². The molecule has 0 fully saturated rings. The van der Waals surface area contributed by atoms with Crippen molar-refractivity contribution in [2.24, 2.45) is 5.92 Å². The van der Waals surface area contributed by atoms with Crippen molar-refractivity contribution in [1.82, 2.24) is 15.0 Å². The fraction of sp³-hybridized carbons (Fsp3) is 0.273. The highest BCUT2D eigenvalue weighted by atomic mass is 35.5. The van der Waals surface area contributed by atoms with Gasteiger partial charge in [-0.25, -0.2) is 0 Å². The van der Waals surface area contributed by atoms with Crippen LogP contribution in [0.25, 0.3) is 0 Å². The van der Waals surface area contributed by atoms with Crippen molar-refractivity contribution in [3.05, 3.63) is 112 Å². The van der Waals surface area contributed by atoms with Gasteiger partial charge < -0.3 is 25.2 Å². The highest BCUT2D eigenvalue weighted by Crippen LogP contribution is 2.46. The molecule has 0 spiro atoms. The Bertz CT molecular complexity index is 1670. The molecule has 10 nitrogen and oxygen atoms in total. The number of rotatable bonds is 12. The van der Waals surface area contributed by atoms with Crippen molar-refractivity contribution in [3.8, 4) is 5.75 Å². The van der Waals surface area contributed by atoms with E-state index in [0.29, 0.717) is 52.7 Å². The molecule has 228 valence electrons. The number of nitrogens with zero attached hydrogens (tertiary/aromatic N) is 4. The Morgan fingerprint density at radius 3 is 2.70 bits per heavy atom. The highest BCUT2D eigenvalue weighted by molar-refractivity contribution is 6.31. The summed E-state index contributed by atoms with van der Waals surface area (Å²) in [5, 5.41) is 32.4. The Labute approximate surface area is 260 Å². The lowest BCUT2D eigenvalue weighted by Crippen LogP contribution is -2.44. The van der Waals surface area contributed by atoms with Crippen LogP contribution in [0.1, 0.15) is 40.5 Å². The van der Waals surface area contributed by atoms with Crippen molar-refractivity contribution in [2.75, 3.05) is 23.9 Å².